The molecule has 4 aromatic rings. The van der Waals surface area contributed by atoms with Crippen LogP contribution in [0.4, 0.5) is 5.82 Å². The van der Waals surface area contributed by atoms with Gasteiger partial charge in [-0.3, -0.25) is 14.6 Å². The Morgan fingerprint density at radius 1 is 1.22 bits per heavy atom. The first-order valence-electron chi connectivity index (χ1n) is 10.2. The largest absolute Gasteiger partial charge is 0.494 e. The molecule has 0 aliphatic carbocycles. The van der Waals surface area contributed by atoms with Crippen LogP contribution in [0.5, 0.6) is 5.75 Å². The molecule has 0 aliphatic rings. The number of hydrogen-bond acceptors (Lipinski definition) is 6. The van der Waals surface area contributed by atoms with E-state index in [-0.39, 0.29) is 23.3 Å². The summed E-state index contributed by atoms with van der Waals surface area (Å²) in [5, 5.41) is 7.35. The highest BCUT2D eigenvalue weighted by atomic mass is 16.5. The lowest BCUT2D eigenvalue weighted by atomic mass is 10.1. The molecule has 1 amide bonds. The van der Waals surface area contributed by atoms with Crippen LogP contribution in [-0.2, 0) is 0 Å². The van der Waals surface area contributed by atoms with E-state index in [1.807, 2.05) is 20.8 Å². The Bertz CT molecular complexity index is 1270. The van der Waals surface area contributed by atoms with Crippen molar-refractivity contribution in [1.82, 2.24) is 19.7 Å². The Labute approximate surface area is 184 Å². The molecule has 0 fully saturated rings. The first-order chi connectivity index (χ1) is 15.4. The molecule has 4 rings (SSSR count). The number of carbonyl (C=O) groups excluding carboxylic acids is 1. The maximum absolute atomic E-state index is 12.9. The van der Waals surface area contributed by atoms with Crippen LogP contribution in [0.2, 0.25) is 0 Å². The van der Waals surface area contributed by atoms with Crippen molar-refractivity contribution in [3.63, 3.8) is 0 Å². The molecule has 3 aromatic heterocycles. The number of aromatic nitrogens is 4. The maximum Gasteiger partial charge on any atom is 0.256 e. The fraction of sp³-hybridized carbons (Fsp3) is 0.217. The average molecular weight is 433 g/mol. The molecular weight excluding hydrogens is 410 g/mol. The van der Waals surface area contributed by atoms with Crippen LogP contribution in [0.3, 0.4) is 0 Å². The van der Waals surface area contributed by atoms with Gasteiger partial charge in [0, 0.05) is 17.7 Å². The van der Waals surface area contributed by atoms with Gasteiger partial charge in [0.25, 0.3) is 11.5 Å². The van der Waals surface area contributed by atoms with Gasteiger partial charge in [-0.15, -0.1) is 0 Å². The Morgan fingerprint density at radius 2 is 2.00 bits per heavy atom. The third kappa shape index (κ3) is 4.46. The van der Waals surface area contributed by atoms with Gasteiger partial charge in [0.05, 0.1) is 18.6 Å². The summed E-state index contributed by atoms with van der Waals surface area (Å²) in [7, 11) is 0. The number of hydrogen-bond donors (Lipinski definition) is 2. The third-order valence-corrected chi connectivity index (χ3v) is 4.69. The molecule has 32 heavy (non-hydrogen) atoms. The molecule has 0 bridgehead atoms. The van der Waals surface area contributed by atoms with E-state index in [0.29, 0.717) is 40.9 Å². The summed E-state index contributed by atoms with van der Waals surface area (Å²) in [5.74, 6) is 1.42. The van der Waals surface area contributed by atoms with E-state index in [1.165, 1.54) is 17.0 Å². The van der Waals surface area contributed by atoms with Gasteiger partial charge in [-0.1, -0.05) is 13.8 Å². The summed E-state index contributed by atoms with van der Waals surface area (Å²) in [6.07, 6.45) is 1.53. The molecule has 9 heteroatoms. The number of benzene rings is 1. The van der Waals surface area contributed by atoms with Crippen molar-refractivity contribution in [3.05, 3.63) is 76.4 Å². The lowest BCUT2D eigenvalue weighted by Crippen LogP contribution is -2.19. The van der Waals surface area contributed by atoms with Gasteiger partial charge in [-0.25, -0.2) is 4.98 Å². The second kappa shape index (κ2) is 8.93. The molecule has 0 unspecified atom stereocenters. The minimum Gasteiger partial charge on any atom is -0.494 e. The van der Waals surface area contributed by atoms with Crippen molar-refractivity contribution >= 4 is 11.7 Å². The number of rotatable bonds is 7. The predicted molar refractivity (Wildman–Crippen MR) is 119 cm³/mol. The predicted octanol–water partition coefficient (Wildman–Crippen LogP) is 3.99. The lowest BCUT2D eigenvalue weighted by molar-refractivity contribution is 0.102. The van der Waals surface area contributed by atoms with Gasteiger partial charge in [0.1, 0.15) is 17.3 Å². The summed E-state index contributed by atoms with van der Waals surface area (Å²) >= 11 is 0. The Morgan fingerprint density at radius 3 is 2.66 bits per heavy atom. The number of aromatic amines is 1. The SMILES string of the molecule is CCOc1ccc(C(=O)Nc2cc(-c3ccco3)nn2-c2nc(C(C)C)cc(=O)[nH]2)cc1. The van der Waals surface area contributed by atoms with E-state index in [0.717, 1.165) is 0 Å². The molecule has 0 spiro atoms. The number of carbonyl (C=O) groups is 1. The zero-order valence-electron chi connectivity index (χ0n) is 18.0. The molecule has 0 radical (unpaired) electrons. The quantitative estimate of drug-likeness (QED) is 0.455. The van der Waals surface area contributed by atoms with E-state index in [1.54, 1.807) is 42.5 Å². The van der Waals surface area contributed by atoms with Gasteiger partial charge < -0.3 is 14.5 Å². The van der Waals surface area contributed by atoms with Crippen LogP contribution in [0.15, 0.2) is 64.0 Å². The van der Waals surface area contributed by atoms with E-state index in [2.05, 4.69) is 20.4 Å². The number of ether oxygens (including phenoxy) is 1. The topological polar surface area (TPSA) is 115 Å². The molecule has 0 saturated heterocycles. The van der Waals surface area contributed by atoms with Crippen LogP contribution in [-0.4, -0.2) is 32.3 Å². The molecule has 164 valence electrons. The summed E-state index contributed by atoms with van der Waals surface area (Å²) in [6, 6.07) is 13.4. The molecule has 9 nitrogen and oxygen atoms in total. The molecule has 1 aromatic carbocycles. The zero-order chi connectivity index (χ0) is 22.7. The normalized spacial score (nSPS) is 11.0. The van der Waals surface area contributed by atoms with Gasteiger partial charge in [0.2, 0.25) is 5.95 Å². The summed E-state index contributed by atoms with van der Waals surface area (Å²) in [4.78, 5) is 32.3. The van der Waals surface area contributed by atoms with E-state index >= 15 is 0 Å². The van der Waals surface area contributed by atoms with E-state index < -0.39 is 0 Å². The fourth-order valence-electron chi connectivity index (χ4n) is 3.09. The average Bonchev–Trinajstić information content (AvgIpc) is 3.44. The highest BCUT2D eigenvalue weighted by Gasteiger charge is 2.18. The summed E-state index contributed by atoms with van der Waals surface area (Å²) < 4.78 is 12.3. The van der Waals surface area contributed by atoms with Gasteiger partial charge in [0.15, 0.2) is 5.76 Å². The van der Waals surface area contributed by atoms with Crippen molar-refractivity contribution in [1.29, 1.82) is 0 Å². The fourth-order valence-corrected chi connectivity index (χ4v) is 3.09. The summed E-state index contributed by atoms with van der Waals surface area (Å²) in [6.45, 7) is 6.32. The second-order valence-electron chi connectivity index (χ2n) is 7.36. The minimum absolute atomic E-state index is 0.0399. The smallest absolute Gasteiger partial charge is 0.256 e. The van der Waals surface area contributed by atoms with Crippen molar-refractivity contribution in [2.24, 2.45) is 0 Å². The van der Waals surface area contributed by atoms with Crippen molar-refractivity contribution in [3.8, 4) is 23.2 Å². The third-order valence-electron chi connectivity index (χ3n) is 4.69. The molecule has 0 atom stereocenters. The van der Waals surface area contributed by atoms with Gasteiger partial charge >= 0.3 is 0 Å². The number of H-pyrrole nitrogens is 1. The van der Waals surface area contributed by atoms with Crippen LogP contribution in [0, 0.1) is 0 Å². The van der Waals surface area contributed by atoms with Crippen LogP contribution in [0.25, 0.3) is 17.4 Å². The van der Waals surface area contributed by atoms with Gasteiger partial charge in [-0.2, -0.15) is 9.78 Å². The molecule has 0 aliphatic heterocycles. The van der Waals surface area contributed by atoms with E-state index in [4.69, 9.17) is 9.15 Å². The highest BCUT2D eigenvalue weighted by molar-refractivity contribution is 6.04. The van der Waals surface area contributed by atoms with Crippen molar-refractivity contribution in [2.75, 3.05) is 11.9 Å². The molecule has 3 heterocycles. The number of anilines is 1. The van der Waals surface area contributed by atoms with E-state index in [9.17, 15) is 9.59 Å². The number of nitrogens with one attached hydrogen (secondary N) is 2. The zero-order valence-corrected chi connectivity index (χ0v) is 18.0. The highest BCUT2D eigenvalue weighted by Crippen LogP contribution is 2.25. The summed E-state index contributed by atoms with van der Waals surface area (Å²) in [5.41, 5.74) is 1.23. The Balaban J connectivity index is 1.72. The van der Waals surface area contributed by atoms with Crippen molar-refractivity contribution in [2.45, 2.75) is 26.7 Å². The van der Waals surface area contributed by atoms with Gasteiger partial charge in [-0.05, 0) is 49.2 Å². The maximum atomic E-state index is 12.9. The number of nitrogens with zero attached hydrogens (tertiary/aromatic N) is 3. The van der Waals surface area contributed by atoms with Crippen LogP contribution < -0.4 is 15.6 Å². The monoisotopic (exact) mass is 433 g/mol. The Hall–Kier alpha value is -4.14. The number of furan rings is 1. The second-order valence-corrected chi connectivity index (χ2v) is 7.36. The first-order valence-corrected chi connectivity index (χ1v) is 10.2. The minimum atomic E-state index is -0.345. The lowest BCUT2D eigenvalue weighted by Gasteiger charge is -2.10. The standard InChI is InChI=1S/C23H23N5O4/c1-4-31-16-9-7-15(8-10-16)22(30)25-20-12-18(19-6-5-11-32-19)27-28(20)23-24-17(14(2)3)13-21(29)26-23/h5-14H,4H2,1-3H3,(H,25,30)(H,24,26,29). The van der Waals surface area contributed by atoms with Crippen molar-refractivity contribution < 1.29 is 13.9 Å². The number of amides is 1. The molecular formula is C23H23N5O4. The first kappa shape index (κ1) is 21.1. The van der Waals surface area contributed by atoms with Crippen LogP contribution >= 0.6 is 0 Å². The van der Waals surface area contributed by atoms with Crippen LogP contribution in [0.1, 0.15) is 42.7 Å². The molecule has 2 N–H and O–H groups in total. The Kier molecular flexibility index (Phi) is 5.89. The molecule has 0 saturated carbocycles.